The molecule has 0 radical (unpaired) electrons. The molecule has 1 aromatic carbocycles. The van der Waals surface area contributed by atoms with Crippen LogP contribution < -0.4 is 20.4 Å². The van der Waals surface area contributed by atoms with Crippen LogP contribution in [0.5, 0.6) is 0 Å². The fraction of sp³-hybridized carbons (Fsp3) is 0.474. The van der Waals surface area contributed by atoms with E-state index in [1.165, 1.54) is 23.3 Å². The first kappa shape index (κ1) is 19.0. The van der Waals surface area contributed by atoms with Gasteiger partial charge in [0.15, 0.2) is 0 Å². The third-order valence-corrected chi connectivity index (χ3v) is 4.63. The first-order chi connectivity index (χ1) is 12.0. The van der Waals surface area contributed by atoms with Crippen molar-refractivity contribution in [2.24, 2.45) is 0 Å². The van der Waals surface area contributed by atoms with Crippen molar-refractivity contribution >= 4 is 17.5 Å². The molecule has 1 aromatic rings. The highest BCUT2D eigenvalue weighted by atomic mass is 16.2. The Morgan fingerprint density at radius 1 is 1.16 bits per heavy atom. The summed E-state index contributed by atoms with van der Waals surface area (Å²) in [5.74, 6) is -1.20. The summed E-state index contributed by atoms with van der Waals surface area (Å²) in [5, 5.41) is 5.29. The van der Waals surface area contributed by atoms with E-state index in [1.54, 1.807) is 6.08 Å². The maximum absolute atomic E-state index is 12.0. The molecule has 0 unspecified atom stereocenters. The number of likely N-dealkylation sites (tertiary alicyclic amines) is 1. The molecule has 0 aromatic heterocycles. The van der Waals surface area contributed by atoms with Crippen molar-refractivity contribution < 1.29 is 14.5 Å². The average Bonchev–Trinajstić information content (AvgIpc) is 3.14. The number of benzene rings is 1. The summed E-state index contributed by atoms with van der Waals surface area (Å²) < 4.78 is 0. The van der Waals surface area contributed by atoms with Crippen molar-refractivity contribution in [1.82, 2.24) is 10.6 Å². The number of amides is 2. The number of carbonyl (C=O) groups is 2. The number of hydrogen-bond acceptors (Lipinski definition) is 3. The van der Waals surface area contributed by atoms with Crippen molar-refractivity contribution in [3.63, 3.8) is 0 Å². The van der Waals surface area contributed by atoms with E-state index in [0.717, 1.165) is 18.8 Å². The van der Waals surface area contributed by atoms with Crippen LogP contribution in [0.1, 0.15) is 24.4 Å². The summed E-state index contributed by atoms with van der Waals surface area (Å²) in [4.78, 5) is 27.2. The zero-order valence-corrected chi connectivity index (χ0v) is 15.2. The minimum absolute atomic E-state index is 0.162. The van der Waals surface area contributed by atoms with Gasteiger partial charge in [-0.25, -0.2) is 0 Å². The monoisotopic (exact) mass is 345 g/mol. The molecular formula is C19H29N4O2+. The van der Waals surface area contributed by atoms with Crippen molar-refractivity contribution in [1.29, 1.82) is 0 Å². The van der Waals surface area contributed by atoms with Crippen LogP contribution in [0.4, 0.5) is 5.69 Å². The predicted octanol–water partition coefficient (Wildman–Crippen LogP) is -0.109. The van der Waals surface area contributed by atoms with Crippen LogP contribution in [0.2, 0.25) is 0 Å². The Labute approximate surface area is 149 Å². The van der Waals surface area contributed by atoms with Gasteiger partial charge in [0.25, 0.3) is 0 Å². The van der Waals surface area contributed by atoms with Gasteiger partial charge in [0.05, 0.1) is 19.6 Å². The average molecular weight is 345 g/mol. The first-order valence-corrected chi connectivity index (χ1v) is 8.81. The molecule has 2 amide bonds. The van der Waals surface area contributed by atoms with Gasteiger partial charge in [-0.15, -0.1) is 6.58 Å². The molecule has 6 heteroatoms. The van der Waals surface area contributed by atoms with Gasteiger partial charge in [0, 0.05) is 44.7 Å². The lowest BCUT2D eigenvalue weighted by Crippen LogP contribution is -3.11. The van der Waals surface area contributed by atoms with Crippen molar-refractivity contribution in [2.75, 3.05) is 45.2 Å². The van der Waals surface area contributed by atoms with E-state index in [0.29, 0.717) is 13.1 Å². The third kappa shape index (κ3) is 5.32. The summed E-state index contributed by atoms with van der Waals surface area (Å²) >= 11 is 0. The van der Waals surface area contributed by atoms with Gasteiger partial charge in [-0.1, -0.05) is 18.2 Å². The first-order valence-electron chi connectivity index (χ1n) is 8.81. The molecule has 1 aliphatic rings. The molecule has 1 saturated heterocycles. The lowest BCUT2D eigenvalue weighted by molar-refractivity contribution is -0.918. The normalized spacial score (nSPS) is 15.4. The Hall–Kier alpha value is -2.34. The maximum Gasteiger partial charge on any atom is 0.309 e. The fourth-order valence-electron chi connectivity index (χ4n) is 3.20. The van der Waals surface area contributed by atoms with Crippen molar-refractivity contribution in [3.05, 3.63) is 42.5 Å². The summed E-state index contributed by atoms with van der Waals surface area (Å²) in [5.41, 5.74) is 2.33. The largest absolute Gasteiger partial charge is 0.378 e. The van der Waals surface area contributed by atoms with Gasteiger partial charge >= 0.3 is 11.8 Å². The Kier molecular flexibility index (Phi) is 7.01. The number of quaternary nitrogens is 1. The molecule has 25 heavy (non-hydrogen) atoms. The zero-order valence-electron chi connectivity index (χ0n) is 15.2. The minimum atomic E-state index is -0.613. The third-order valence-electron chi connectivity index (χ3n) is 4.63. The van der Waals surface area contributed by atoms with E-state index in [-0.39, 0.29) is 6.04 Å². The second kappa shape index (κ2) is 9.22. The molecule has 6 nitrogen and oxygen atoms in total. The highest BCUT2D eigenvalue weighted by molar-refractivity contribution is 6.35. The van der Waals surface area contributed by atoms with E-state index in [4.69, 9.17) is 0 Å². The van der Waals surface area contributed by atoms with Gasteiger partial charge in [-0.2, -0.15) is 0 Å². The van der Waals surface area contributed by atoms with Crippen molar-refractivity contribution in [2.45, 2.75) is 18.9 Å². The number of carbonyl (C=O) groups excluding carboxylic acids is 2. The standard InChI is InChI=1S/C19H28N4O2/c1-4-11-20-18(24)19(25)21-14-17(23-12-5-6-13-23)15-7-9-16(10-8-15)22(2)3/h4,7-10,17H,1,5-6,11-14H2,2-3H3,(H,20,24)(H,21,25)/p+1/t17-/m1/s1. The van der Waals surface area contributed by atoms with Gasteiger partial charge in [0.1, 0.15) is 6.04 Å². The van der Waals surface area contributed by atoms with E-state index >= 15 is 0 Å². The number of anilines is 1. The fourth-order valence-corrected chi connectivity index (χ4v) is 3.20. The van der Waals surface area contributed by atoms with Crippen molar-refractivity contribution in [3.8, 4) is 0 Å². The topological polar surface area (TPSA) is 65.9 Å². The molecule has 1 atom stereocenters. The van der Waals surface area contributed by atoms with Gasteiger partial charge in [-0.05, 0) is 12.1 Å². The second-order valence-corrected chi connectivity index (χ2v) is 6.61. The lowest BCUT2D eigenvalue weighted by atomic mass is 10.0. The Morgan fingerprint density at radius 3 is 2.32 bits per heavy atom. The quantitative estimate of drug-likeness (QED) is 0.477. The summed E-state index contributed by atoms with van der Waals surface area (Å²) in [6, 6.07) is 8.59. The Morgan fingerprint density at radius 2 is 1.76 bits per heavy atom. The van der Waals surface area contributed by atoms with E-state index in [1.807, 2.05) is 14.1 Å². The van der Waals surface area contributed by atoms with Crippen LogP contribution in [-0.2, 0) is 9.59 Å². The molecule has 1 aliphatic heterocycles. The maximum atomic E-state index is 12.0. The molecule has 3 N–H and O–H groups in total. The van der Waals surface area contributed by atoms with Crippen LogP contribution in [0, 0.1) is 0 Å². The van der Waals surface area contributed by atoms with Gasteiger partial charge in [0.2, 0.25) is 0 Å². The molecule has 0 bridgehead atoms. The van der Waals surface area contributed by atoms with Gasteiger partial charge < -0.3 is 20.4 Å². The molecule has 0 spiro atoms. The van der Waals surface area contributed by atoms with E-state index < -0.39 is 11.8 Å². The van der Waals surface area contributed by atoms with Crippen LogP contribution in [0.25, 0.3) is 0 Å². The zero-order chi connectivity index (χ0) is 18.2. The predicted molar refractivity (Wildman–Crippen MR) is 99.7 cm³/mol. The smallest absolute Gasteiger partial charge is 0.309 e. The van der Waals surface area contributed by atoms with E-state index in [2.05, 4.69) is 46.4 Å². The van der Waals surface area contributed by atoms with E-state index in [9.17, 15) is 9.59 Å². The molecule has 2 rings (SSSR count). The number of nitrogens with zero attached hydrogens (tertiary/aromatic N) is 1. The van der Waals surface area contributed by atoms with Crippen LogP contribution in [-0.4, -0.2) is 52.1 Å². The second-order valence-electron chi connectivity index (χ2n) is 6.61. The molecule has 136 valence electrons. The van der Waals surface area contributed by atoms with Crippen LogP contribution >= 0.6 is 0 Å². The van der Waals surface area contributed by atoms with Gasteiger partial charge in [-0.3, -0.25) is 9.59 Å². The molecule has 0 aliphatic carbocycles. The highest BCUT2D eigenvalue weighted by Crippen LogP contribution is 2.17. The van der Waals surface area contributed by atoms with Crippen LogP contribution in [0.3, 0.4) is 0 Å². The SMILES string of the molecule is C=CCNC(=O)C(=O)NC[C@H](c1ccc(N(C)C)cc1)[NH+]1CCCC1. The molecule has 0 saturated carbocycles. The molecule has 1 heterocycles. The Balaban J connectivity index is 2.04. The number of nitrogens with one attached hydrogen (secondary N) is 3. The lowest BCUT2D eigenvalue weighted by Gasteiger charge is -2.25. The number of hydrogen-bond donors (Lipinski definition) is 3. The van der Waals surface area contributed by atoms with Crippen LogP contribution in [0.15, 0.2) is 36.9 Å². The minimum Gasteiger partial charge on any atom is -0.378 e. The molecular weight excluding hydrogens is 316 g/mol. The molecule has 1 fully saturated rings. The summed E-state index contributed by atoms with van der Waals surface area (Å²) in [6.45, 7) is 6.46. The Bertz CT molecular complexity index is 592. The summed E-state index contributed by atoms with van der Waals surface area (Å²) in [7, 11) is 4.03. The number of rotatable bonds is 7. The highest BCUT2D eigenvalue weighted by Gasteiger charge is 2.28. The summed E-state index contributed by atoms with van der Waals surface area (Å²) in [6.07, 6.45) is 3.96.